The number of nitrogens with two attached hydrogens (primary N) is 1. The van der Waals surface area contributed by atoms with Gasteiger partial charge in [-0.3, -0.25) is 9.59 Å². The van der Waals surface area contributed by atoms with Crippen LogP contribution in [0.3, 0.4) is 0 Å². The van der Waals surface area contributed by atoms with Crippen LogP contribution in [0.25, 0.3) is 0 Å². The van der Waals surface area contributed by atoms with Crippen molar-refractivity contribution in [3.63, 3.8) is 0 Å². The number of amides is 1. The Morgan fingerprint density at radius 3 is 1.58 bits per heavy atom. The number of unbranched alkanes of at least 4 members (excludes halogenated alkanes) is 21. The van der Waals surface area contributed by atoms with Crippen molar-refractivity contribution in [1.29, 1.82) is 0 Å². The highest BCUT2D eigenvalue weighted by Gasteiger charge is 2.19. The predicted octanol–water partition coefficient (Wildman–Crippen LogP) is 11.1. The van der Waals surface area contributed by atoms with Crippen molar-refractivity contribution in [2.45, 2.75) is 225 Å². The molecule has 0 rings (SSSR count). The molecular formula is C41H78N2O5. The number of allylic oxidation sites excluding steroid dienone is 2. The van der Waals surface area contributed by atoms with E-state index in [2.05, 4.69) is 31.3 Å². The monoisotopic (exact) mass is 679 g/mol. The molecule has 0 spiro atoms. The van der Waals surface area contributed by atoms with Gasteiger partial charge in [0.1, 0.15) is 12.1 Å². The lowest BCUT2D eigenvalue weighted by atomic mass is 10.0. The van der Waals surface area contributed by atoms with Gasteiger partial charge in [0, 0.05) is 12.8 Å². The van der Waals surface area contributed by atoms with Crippen molar-refractivity contribution in [1.82, 2.24) is 5.32 Å². The topological polar surface area (TPSA) is 119 Å². The summed E-state index contributed by atoms with van der Waals surface area (Å²) < 4.78 is 6.02. The smallest absolute Gasteiger partial charge is 0.326 e. The van der Waals surface area contributed by atoms with Crippen LogP contribution in [0.2, 0.25) is 0 Å². The minimum absolute atomic E-state index is 0.0165. The highest BCUT2D eigenvalue weighted by molar-refractivity contribution is 5.83. The highest BCUT2D eigenvalue weighted by atomic mass is 16.5. The highest BCUT2D eigenvalue weighted by Crippen LogP contribution is 2.19. The molecule has 0 heterocycles. The molecular weight excluding hydrogens is 600 g/mol. The van der Waals surface area contributed by atoms with Gasteiger partial charge >= 0.3 is 11.9 Å². The first-order valence-corrected chi connectivity index (χ1v) is 20.5. The predicted molar refractivity (Wildman–Crippen MR) is 202 cm³/mol. The molecule has 0 bridgehead atoms. The Hall–Kier alpha value is -1.89. The molecule has 282 valence electrons. The number of carboxylic acid groups (broad SMARTS) is 1. The van der Waals surface area contributed by atoms with E-state index in [1.807, 2.05) is 0 Å². The largest absolute Gasteiger partial charge is 0.480 e. The molecule has 0 fully saturated rings. The number of carbonyl (C=O) groups is 3. The SMILES string of the molecule is CCC/C=C\CCCCCCCC(=O)OC(CCCCCCCCCCCCCC)CCCCCCCC(=O)NC(CCCN)C(=O)O. The number of nitrogens with one attached hydrogen (secondary N) is 1. The molecule has 0 saturated heterocycles. The lowest BCUT2D eigenvalue weighted by molar-refractivity contribution is -0.150. The van der Waals surface area contributed by atoms with E-state index in [1.165, 1.54) is 109 Å². The van der Waals surface area contributed by atoms with Crippen molar-refractivity contribution in [3.05, 3.63) is 12.2 Å². The fraction of sp³-hybridized carbons (Fsp3) is 0.878. The van der Waals surface area contributed by atoms with Gasteiger partial charge in [0.05, 0.1) is 0 Å². The molecule has 2 unspecified atom stereocenters. The average molecular weight is 679 g/mol. The molecule has 0 radical (unpaired) electrons. The zero-order valence-corrected chi connectivity index (χ0v) is 31.6. The van der Waals surface area contributed by atoms with Gasteiger partial charge in [-0.1, -0.05) is 142 Å². The van der Waals surface area contributed by atoms with Gasteiger partial charge in [0.25, 0.3) is 0 Å². The Balaban J connectivity index is 4.31. The van der Waals surface area contributed by atoms with Crippen LogP contribution < -0.4 is 11.1 Å². The van der Waals surface area contributed by atoms with Crippen LogP contribution in [0.1, 0.15) is 213 Å². The van der Waals surface area contributed by atoms with Crippen LogP contribution in [0.4, 0.5) is 0 Å². The van der Waals surface area contributed by atoms with E-state index in [0.717, 1.165) is 64.2 Å². The molecule has 0 aliphatic rings. The second-order valence-electron chi connectivity index (χ2n) is 14.1. The number of carboxylic acids is 1. The normalized spacial score (nSPS) is 12.7. The first kappa shape index (κ1) is 46.1. The quantitative estimate of drug-likeness (QED) is 0.0342. The van der Waals surface area contributed by atoms with E-state index in [0.29, 0.717) is 32.2 Å². The molecule has 1 amide bonds. The Morgan fingerprint density at radius 2 is 1.06 bits per heavy atom. The Bertz CT molecular complexity index is 772. The van der Waals surface area contributed by atoms with E-state index in [9.17, 15) is 19.5 Å². The summed E-state index contributed by atoms with van der Waals surface area (Å²) in [6, 6.07) is -0.853. The van der Waals surface area contributed by atoms with Crippen LogP contribution in [-0.4, -0.2) is 41.6 Å². The number of rotatable bonds is 37. The van der Waals surface area contributed by atoms with Crippen molar-refractivity contribution >= 4 is 17.8 Å². The lowest BCUT2D eigenvalue weighted by Gasteiger charge is -2.18. The summed E-state index contributed by atoms with van der Waals surface area (Å²) in [6.07, 6.45) is 38.2. The van der Waals surface area contributed by atoms with Gasteiger partial charge in [0.2, 0.25) is 5.91 Å². The van der Waals surface area contributed by atoms with Crippen molar-refractivity contribution in [3.8, 4) is 0 Å². The van der Waals surface area contributed by atoms with Gasteiger partial charge < -0.3 is 20.9 Å². The molecule has 0 aliphatic heterocycles. The Morgan fingerprint density at radius 1 is 0.583 bits per heavy atom. The Kier molecular flexibility index (Phi) is 35.0. The molecule has 0 aromatic rings. The zero-order valence-electron chi connectivity index (χ0n) is 31.6. The summed E-state index contributed by atoms with van der Waals surface area (Å²) in [5, 5.41) is 11.9. The third-order valence-corrected chi connectivity index (χ3v) is 9.31. The maximum atomic E-state index is 12.7. The number of hydrogen-bond donors (Lipinski definition) is 3. The van der Waals surface area contributed by atoms with Crippen molar-refractivity contribution in [2.24, 2.45) is 5.73 Å². The summed E-state index contributed by atoms with van der Waals surface area (Å²) in [5.41, 5.74) is 5.48. The average Bonchev–Trinajstić information content (AvgIpc) is 3.07. The fourth-order valence-corrected chi connectivity index (χ4v) is 6.22. The van der Waals surface area contributed by atoms with Crippen LogP contribution in [0.5, 0.6) is 0 Å². The molecule has 0 aromatic heterocycles. The summed E-state index contributed by atoms with van der Waals surface area (Å²) >= 11 is 0. The van der Waals surface area contributed by atoms with Gasteiger partial charge in [-0.05, 0) is 77.2 Å². The first-order valence-electron chi connectivity index (χ1n) is 20.5. The van der Waals surface area contributed by atoms with Gasteiger partial charge in [-0.2, -0.15) is 0 Å². The molecule has 4 N–H and O–H groups in total. The second-order valence-corrected chi connectivity index (χ2v) is 14.1. The van der Waals surface area contributed by atoms with Gasteiger partial charge in [0.15, 0.2) is 0 Å². The molecule has 7 heteroatoms. The van der Waals surface area contributed by atoms with Crippen LogP contribution in [0, 0.1) is 0 Å². The van der Waals surface area contributed by atoms with E-state index in [1.54, 1.807) is 0 Å². The summed E-state index contributed by atoms with van der Waals surface area (Å²) in [7, 11) is 0. The fourth-order valence-electron chi connectivity index (χ4n) is 6.22. The summed E-state index contributed by atoms with van der Waals surface area (Å²) in [5.74, 6) is -1.23. The van der Waals surface area contributed by atoms with Crippen molar-refractivity contribution in [2.75, 3.05) is 6.54 Å². The Labute approximate surface area is 296 Å². The number of ether oxygens (including phenoxy) is 1. The lowest BCUT2D eigenvalue weighted by Crippen LogP contribution is -2.40. The molecule has 0 saturated carbocycles. The van der Waals surface area contributed by atoms with E-state index in [4.69, 9.17) is 10.5 Å². The molecule has 0 aliphatic carbocycles. The van der Waals surface area contributed by atoms with Crippen LogP contribution in [-0.2, 0) is 19.1 Å². The third kappa shape index (κ3) is 32.6. The molecule has 48 heavy (non-hydrogen) atoms. The van der Waals surface area contributed by atoms with Gasteiger partial charge in [-0.25, -0.2) is 4.79 Å². The standard InChI is InChI=1S/C41H78N2O5/c1-3-5-7-9-11-13-15-16-17-19-22-26-31-37(48-40(45)35-29-25-20-18-14-12-10-8-6-4-2)32-27-23-21-24-28-34-39(44)43-38(41(46)47)33-30-36-42/h8,10,37-38H,3-7,9,11-36,42H2,1-2H3,(H,43,44)(H,46,47)/b10-8-. The molecule has 2 atom stereocenters. The van der Waals surface area contributed by atoms with Crippen LogP contribution in [0.15, 0.2) is 12.2 Å². The van der Waals surface area contributed by atoms with Gasteiger partial charge in [-0.15, -0.1) is 0 Å². The molecule has 0 aromatic carbocycles. The number of carbonyl (C=O) groups excluding carboxylic acids is 2. The van der Waals surface area contributed by atoms with Crippen LogP contribution >= 0.6 is 0 Å². The number of esters is 1. The van der Waals surface area contributed by atoms with E-state index in [-0.39, 0.29) is 18.0 Å². The minimum atomic E-state index is -1.00. The number of aliphatic carboxylic acids is 1. The van der Waals surface area contributed by atoms with E-state index < -0.39 is 12.0 Å². The maximum Gasteiger partial charge on any atom is 0.326 e. The maximum absolute atomic E-state index is 12.7. The second kappa shape index (κ2) is 36.4. The number of hydrogen-bond acceptors (Lipinski definition) is 5. The van der Waals surface area contributed by atoms with E-state index >= 15 is 0 Å². The zero-order chi connectivity index (χ0) is 35.3. The van der Waals surface area contributed by atoms with Crippen molar-refractivity contribution < 1.29 is 24.2 Å². The molecule has 7 nitrogen and oxygen atoms in total. The first-order chi connectivity index (χ1) is 23.4. The third-order valence-electron chi connectivity index (χ3n) is 9.31. The minimum Gasteiger partial charge on any atom is -0.480 e. The summed E-state index contributed by atoms with van der Waals surface area (Å²) in [6.45, 7) is 4.89. The summed E-state index contributed by atoms with van der Waals surface area (Å²) in [4.78, 5) is 36.2.